The van der Waals surface area contributed by atoms with Crippen molar-refractivity contribution in [2.75, 3.05) is 0 Å². The second kappa shape index (κ2) is 9.93. The van der Waals surface area contributed by atoms with Crippen molar-refractivity contribution >= 4 is 0 Å². The van der Waals surface area contributed by atoms with Crippen molar-refractivity contribution in [3.63, 3.8) is 0 Å². The number of hydrogen-bond donors (Lipinski definition) is 1. The van der Waals surface area contributed by atoms with Gasteiger partial charge >= 0.3 is 0 Å². The summed E-state index contributed by atoms with van der Waals surface area (Å²) in [6.45, 7) is 4.22. The van der Waals surface area contributed by atoms with Gasteiger partial charge in [-0.25, -0.2) is 4.98 Å². The normalized spacial score (nSPS) is 7.92. The van der Waals surface area contributed by atoms with E-state index in [0.717, 1.165) is 6.42 Å². The summed E-state index contributed by atoms with van der Waals surface area (Å²) in [5.74, 6) is 1.40. The van der Waals surface area contributed by atoms with Gasteiger partial charge in [0, 0.05) is 61.6 Å². The van der Waals surface area contributed by atoms with Gasteiger partial charge in [0.25, 0.3) is 0 Å². The van der Waals surface area contributed by atoms with Crippen molar-refractivity contribution in [2.45, 2.75) is 20.3 Å². The SMILES string of the molecule is C[C-](C)Cc1cnc[nH]1.[CH3-].[U].[V]. The summed E-state index contributed by atoms with van der Waals surface area (Å²) in [5.41, 5.74) is 1.19. The van der Waals surface area contributed by atoms with Crippen LogP contribution < -0.4 is 0 Å². The minimum Gasteiger partial charge on any atom is -0.358 e. The molecule has 1 rings (SSSR count). The van der Waals surface area contributed by atoms with Gasteiger partial charge in [-0.2, -0.15) is 13.8 Å². The molecule has 67 valence electrons. The van der Waals surface area contributed by atoms with E-state index in [0.29, 0.717) is 0 Å². The molecule has 1 N–H and O–H groups in total. The van der Waals surface area contributed by atoms with Crippen molar-refractivity contribution in [1.82, 2.24) is 9.97 Å². The van der Waals surface area contributed by atoms with Gasteiger partial charge in [-0.05, 0) is 0 Å². The van der Waals surface area contributed by atoms with Crippen LogP contribution in [0.4, 0.5) is 0 Å². The number of nitrogens with zero attached hydrogens (tertiary/aromatic N) is 1. The monoisotopic (exact) mass is 427 g/mol. The van der Waals surface area contributed by atoms with Crippen LogP contribution in [0.25, 0.3) is 0 Å². The third-order valence-electron chi connectivity index (χ3n) is 1.10. The van der Waals surface area contributed by atoms with Gasteiger partial charge < -0.3 is 18.3 Å². The maximum Gasteiger partial charge on any atom is 0.0920 e. The molecule has 1 aromatic heterocycles. The van der Waals surface area contributed by atoms with Crippen LogP contribution in [0.5, 0.6) is 0 Å². The minimum absolute atomic E-state index is 0. The summed E-state index contributed by atoms with van der Waals surface area (Å²) in [7, 11) is 0. The topological polar surface area (TPSA) is 28.7 Å². The van der Waals surface area contributed by atoms with Crippen LogP contribution in [-0.2, 0) is 25.0 Å². The molecule has 0 bridgehead atoms. The number of imidazole rings is 1. The molecular weight excluding hydrogens is 413 g/mol. The predicted octanol–water partition coefficient (Wildman–Crippen LogP) is 2.01. The Balaban J connectivity index is -0.000000270. The quantitative estimate of drug-likeness (QED) is 0.720. The minimum atomic E-state index is 0. The molecule has 1 radical (unpaired) electrons. The first kappa shape index (κ1) is 18.6. The molecule has 2 nitrogen and oxygen atoms in total. The molecule has 0 aliphatic rings. The Kier molecular flexibility index (Phi) is 15.4. The number of nitrogens with one attached hydrogen (secondary N) is 1. The first-order valence-electron chi connectivity index (χ1n) is 3.05. The van der Waals surface area contributed by atoms with Crippen LogP contribution in [0.3, 0.4) is 0 Å². The Bertz CT molecular complexity index is 164. The van der Waals surface area contributed by atoms with Gasteiger partial charge in [0.15, 0.2) is 0 Å². The Morgan fingerprint density at radius 2 is 2.08 bits per heavy atom. The molecule has 1 heterocycles. The molecule has 12 heavy (non-hydrogen) atoms. The van der Waals surface area contributed by atoms with Crippen LogP contribution in [0.1, 0.15) is 19.5 Å². The van der Waals surface area contributed by atoms with Gasteiger partial charge in [-0.15, -0.1) is 6.42 Å². The van der Waals surface area contributed by atoms with E-state index >= 15 is 0 Å². The van der Waals surface area contributed by atoms with E-state index in [1.165, 1.54) is 11.6 Å². The molecule has 1 aromatic rings. The zero-order valence-electron chi connectivity index (χ0n) is 7.76. The molecule has 0 atom stereocenters. The molecule has 0 aliphatic heterocycles. The van der Waals surface area contributed by atoms with Gasteiger partial charge in [0.2, 0.25) is 0 Å². The molecule has 0 aromatic carbocycles. The summed E-state index contributed by atoms with van der Waals surface area (Å²) in [4.78, 5) is 6.94. The Hall–Kier alpha value is 0.846. The van der Waals surface area contributed by atoms with Crippen LogP contribution >= 0.6 is 0 Å². The Morgan fingerprint density at radius 3 is 2.42 bits per heavy atom. The fourth-order valence-electron chi connectivity index (χ4n) is 0.762. The third kappa shape index (κ3) is 7.49. The largest absolute Gasteiger partial charge is 0.358 e. The van der Waals surface area contributed by atoms with Gasteiger partial charge in [0.05, 0.1) is 6.33 Å². The van der Waals surface area contributed by atoms with Crippen LogP contribution in [0.15, 0.2) is 12.5 Å². The third-order valence-corrected chi connectivity index (χ3v) is 1.10. The average molecular weight is 427 g/mol. The fraction of sp³-hybridized carbons (Fsp3) is 0.375. The van der Waals surface area contributed by atoms with Gasteiger partial charge in [0.1, 0.15) is 0 Å². The molecule has 0 fully saturated rings. The summed E-state index contributed by atoms with van der Waals surface area (Å²) in [6.07, 6.45) is 4.57. The van der Waals surface area contributed by atoms with E-state index in [4.69, 9.17) is 0 Å². The molecule has 0 spiro atoms. The molecule has 0 aliphatic carbocycles. The zero-order chi connectivity index (χ0) is 6.69. The number of aromatic nitrogens is 2. The number of H-pyrrole nitrogens is 1. The van der Waals surface area contributed by atoms with Crippen molar-refractivity contribution in [1.29, 1.82) is 0 Å². The van der Waals surface area contributed by atoms with E-state index in [1.54, 1.807) is 6.33 Å². The Labute approximate surface area is 111 Å². The van der Waals surface area contributed by atoms with Crippen LogP contribution in [-0.4, -0.2) is 9.97 Å². The average Bonchev–Trinajstić information content (AvgIpc) is 2.15. The fourth-order valence-corrected chi connectivity index (χ4v) is 0.762. The second-order valence-corrected chi connectivity index (χ2v) is 2.46. The van der Waals surface area contributed by atoms with Crippen LogP contribution in [0, 0.1) is 44.5 Å². The van der Waals surface area contributed by atoms with E-state index in [2.05, 4.69) is 23.8 Å². The summed E-state index contributed by atoms with van der Waals surface area (Å²) >= 11 is 0. The first-order valence-corrected chi connectivity index (χ1v) is 3.05. The summed E-state index contributed by atoms with van der Waals surface area (Å²) in [5, 5.41) is 0. The zero-order valence-corrected chi connectivity index (χ0v) is 13.3. The Morgan fingerprint density at radius 1 is 1.50 bits per heavy atom. The van der Waals surface area contributed by atoms with E-state index < -0.39 is 0 Å². The van der Waals surface area contributed by atoms with Crippen molar-refractivity contribution in [3.05, 3.63) is 31.6 Å². The molecular formula is C8H14N2UV-2. The van der Waals surface area contributed by atoms with Gasteiger partial charge in [-0.1, -0.05) is 0 Å². The predicted molar refractivity (Wildman–Crippen MR) is 43.3 cm³/mol. The smallest absolute Gasteiger partial charge is 0.0920 e. The molecule has 0 saturated heterocycles. The maximum absolute atomic E-state index is 3.91. The second-order valence-electron chi connectivity index (χ2n) is 2.46. The number of rotatable bonds is 2. The molecule has 0 amide bonds. The van der Waals surface area contributed by atoms with E-state index in [-0.39, 0.29) is 57.1 Å². The molecule has 0 unspecified atom stereocenters. The van der Waals surface area contributed by atoms with E-state index in [1.807, 2.05) is 6.20 Å². The summed E-state index contributed by atoms with van der Waals surface area (Å²) in [6, 6.07) is 0. The standard InChI is InChI=1S/C7H11N2.CH3.U.V/c1-6(2)3-7-4-8-5-9-7;;;/h4-5H,3H2,1-2H3,(H,8,9);1H3;;/q2*-1;;. The molecule has 0 saturated carbocycles. The number of aromatic amines is 1. The number of hydrogen-bond acceptors (Lipinski definition) is 1. The van der Waals surface area contributed by atoms with Crippen molar-refractivity contribution < 1.29 is 49.7 Å². The van der Waals surface area contributed by atoms with Gasteiger partial charge in [-0.3, -0.25) is 0 Å². The van der Waals surface area contributed by atoms with Crippen LogP contribution in [0.2, 0.25) is 0 Å². The summed E-state index contributed by atoms with van der Waals surface area (Å²) < 4.78 is 0. The van der Waals surface area contributed by atoms with E-state index in [9.17, 15) is 0 Å². The molecule has 4 heteroatoms. The first-order chi connectivity index (χ1) is 4.29. The maximum atomic E-state index is 3.91. The van der Waals surface area contributed by atoms with Crippen molar-refractivity contribution in [2.24, 2.45) is 0 Å². The van der Waals surface area contributed by atoms with Crippen molar-refractivity contribution in [3.8, 4) is 0 Å².